The number of nitrogens with zero attached hydrogens (tertiary/aromatic N) is 4. The highest BCUT2D eigenvalue weighted by molar-refractivity contribution is 6.07. The molecule has 4 heterocycles. The van der Waals surface area contributed by atoms with Crippen LogP contribution in [0.1, 0.15) is 28.7 Å². The zero-order valence-corrected chi connectivity index (χ0v) is 15.7. The number of alkyl halides is 3. The fourth-order valence-corrected chi connectivity index (χ4v) is 3.83. The Hall–Kier alpha value is -3.62. The summed E-state index contributed by atoms with van der Waals surface area (Å²) in [6.07, 6.45) is -2.67. The molecule has 0 saturated heterocycles. The van der Waals surface area contributed by atoms with Gasteiger partial charge in [-0.15, -0.1) is 0 Å². The SMILES string of the molecule is CC1Cc2ccccc2N1C(=O)c1cc2nc(-c3ccco3)cc(C(F)(F)F)n2n1. The highest BCUT2D eigenvalue weighted by Gasteiger charge is 2.37. The number of fused-ring (bicyclic) bond motifs is 2. The van der Waals surface area contributed by atoms with Crippen LogP contribution in [-0.4, -0.2) is 26.5 Å². The number of para-hydroxylation sites is 1. The van der Waals surface area contributed by atoms with E-state index in [0.29, 0.717) is 10.9 Å². The fraction of sp³-hybridized carbons (Fsp3) is 0.190. The van der Waals surface area contributed by atoms with Gasteiger partial charge < -0.3 is 9.32 Å². The molecule has 3 aromatic heterocycles. The maximum Gasteiger partial charge on any atom is 0.433 e. The lowest BCUT2D eigenvalue weighted by Crippen LogP contribution is -2.36. The number of benzene rings is 1. The molecule has 152 valence electrons. The molecular weight excluding hydrogens is 397 g/mol. The summed E-state index contributed by atoms with van der Waals surface area (Å²) < 4.78 is 46.9. The predicted octanol–water partition coefficient (Wildman–Crippen LogP) is 4.60. The van der Waals surface area contributed by atoms with E-state index < -0.39 is 17.8 Å². The first-order chi connectivity index (χ1) is 14.3. The van der Waals surface area contributed by atoms with E-state index in [1.165, 1.54) is 18.4 Å². The van der Waals surface area contributed by atoms with Crippen molar-refractivity contribution in [1.82, 2.24) is 14.6 Å². The normalized spacial score (nSPS) is 16.3. The molecule has 0 N–H and O–H groups in total. The molecule has 0 spiro atoms. The third kappa shape index (κ3) is 2.85. The monoisotopic (exact) mass is 412 g/mol. The summed E-state index contributed by atoms with van der Waals surface area (Å²) in [7, 11) is 0. The maximum absolute atomic E-state index is 13.7. The molecule has 1 unspecified atom stereocenters. The molecule has 0 radical (unpaired) electrons. The number of hydrogen-bond donors (Lipinski definition) is 0. The third-order valence-electron chi connectivity index (χ3n) is 5.14. The highest BCUT2D eigenvalue weighted by Crippen LogP contribution is 2.35. The number of furan rings is 1. The average Bonchev–Trinajstić information content (AvgIpc) is 3.43. The standard InChI is InChI=1S/C21H15F3N4O2/c1-12-9-13-5-2-3-6-16(13)27(12)20(29)15-11-19-25-14(17-7-4-8-30-17)10-18(21(22,23)24)28(19)26-15/h2-8,10-12H,9H2,1H3. The summed E-state index contributed by atoms with van der Waals surface area (Å²) in [6, 6.07) is 12.5. The number of carbonyl (C=O) groups excluding carboxylic acids is 1. The Kier molecular flexibility index (Phi) is 3.96. The van der Waals surface area contributed by atoms with Crippen molar-refractivity contribution >= 4 is 17.2 Å². The van der Waals surface area contributed by atoms with Crippen molar-refractivity contribution in [3.05, 3.63) is 71.7 Å². The van der Waals surface area contributed by atoms with E-state index in [4.69, 9.17) is 4.42 Å². The molecule has 1 aliphatic heterocycles. The van der Waals surface area contributed by atoms with Crippen LogP contribution in [0.2, 0.25) is 0 Å². The molecule has 5 rings (SSSR count). The summed E-state index contributed by atoms with van der Waals surface area (Å²) in [5, 5.41) is 3.97. The van der Waals surface area contributed by atoms with Gasteiger partial charge in [0.1, 0.15) is 5.69 Å². The Morgan fingerprint density at radius 3 is 2.70 bits per heavy atom. The van der Waals surface area contributed by atoms with Gasteiger partial charge in [0.15, 0.2) is 22.8 Å². The van der Waals surface area contributed by atoms with Crippen LogP contribution in [0.5, 0.6) is 0 Å². The van der Waals surface area contributed by atoms with Crippen molar-refractivity contribution in [3.8, 4) is 11.5 Å². The molecule has 1 aliphatic rings. The molecule has 0 aliphatic carbocycles. The molecule has 0 fully saturated rings. The van der Waals surface area contributed by atoms with Gasteiger partial charge in [-0.1, -0.05) is 18.2 Å². The molecule has 1 amide bonds. The van der Waals surface area contributed by atoms with Crippen molar-refractivity contribution in [3.63, 3.8) is 0 Å². The zero-order valence-electron chi connectivity index (χ0n) is 15.7. The van der Waals surface area contributed by atoms with Gasteiger partial charge in [-0.25, -0.2) is 9.50 Å². The Bertz CT molecular complexity index is 1260. The van der Waals surface area contributed by atoms with Crippen molar-refractivity contribution < 1.29 is 22.4 Å². The van der Waals surface area contributed by atoms with Crippen molar-refractivity contribution in [2.24, 2.45) is 0 Å². The van der Waals surface area contributed by atoms with Crippen LogP contribution in [0, 0.1) is 0 Å². The van der Waals surface area contributed by atoms with Crippen LogP contribution in [0.4, 0.5) is 18.9 Å². The molecule has 0 bridgehead atoms. The van der Waals surface area contributed by atoms with E-state index in [-0.39, 0.29) is 28.8 Å². The minimum atomic E-state index is -4.69. The number of amides is 1. The first-order valence-electron chi connectivity index (χ1n) is 9.26. The number of rotatable bonds is 2. The van der Waals surface area contributed by atoms with Gasteiger partial charge in [0.2, 0.25) is 0 Å². The van der Waals surface area contributed by atoms with Gasteiger partial charge in [-0.05, 0) is 43.2 Å². The van der Waals surface area contributed by atoms with E-state index in [1.54, 1.807) is 11.0 Å². The lowest BCUT2D eigenvalue weighted by molar-refractivity contribution is -0.142. The van der Waals surface area contributed by atoms with E-state index in [0.717, 1.165) is 17.3 Å². The molecule has 9 heteroatoms. The Morgan fingerprint density at radius 2 is 1.97 bits per heavy atom. The maximum atomic E-state index is 13.7. The van der Waals surface area contributed by atoms with Crippen LogP contribution >= 0.6 is 0 Å². The van der Waals surface area contributed by atoms with Crippen LogP contribution in [-0.2, 0) is 12.6 Å². The van der Waals surface area contributed by atoms with Gasteiger partial charge in [0, 0.05) is 17.8 Å². The number of anilines is 1. The minimum absolute atomic E-state index is 0.0126. The van der Waals surface area contributed by atoms with Crippen LogP contribution in [0.15, 0.2) is 59.2 Å². The lowest BCUT2D eigenvalue weighted by Gasteiger charge is -2.21. The van der Waals surface area contributed by atoms with Crippen LogP contribution < -0.4 is 4.90 Å². The molecule has 0 saturated carbocycles. The van der Waals surface area contributed by atoms with E-state index in [2.05, 4.69) is 10.1 Å². The lowest BCUT2D eigenvalue weighted by atomic mass is 10.1. The molecule has 1 aromatic carbocycles. The van der Waals surface area contributed by atoms with Crippen molar-refractivity contribution in [2.75, 3.05) is 4.90 Å². The second-order valence-corrected chi connectivity index (χ2v) is 7.16. The first-order valence-corrected chi connectivity index (χ1v) is 9.26. The van der Waals surface area contributed by atoms with Crippen LogP contribution in [0.3, 0.4) is 0 Å². The molecule has 1 atom stereocenters. The third-order valence-corrected chi connectivity index (χ3v) is 5.14. The largest absolute Gasteiger partial charge is 0.463 e. The Labute approximate surface area is 168 Å². The second kappa shape index (κ2) is 6.45. The van der Waals surface area contributed by atoms with Crippen molar-refractivity contribution in [2.45, 2.75) is 25.6 Å². The highest BCUT2D eigenvalue weighted by atomic mass is 19.4. The predicted molar refractivity (Wildman–Crippen MR) is 102 cm³/mol. The topological polar surface area (TPSA) is 63.6 Å². The van der Waals surface area contributed by atoms with Crippen LogP contribution in [0.25, 0.3) is 17.1 Å². The molecule has 6 nitrogen and oxygen atoms in total. The van der Waals surface area contributed by atoms with E-state index in [1.807, 2.05) is 31.2 Å². The van der Waals surface area contributed by atoms with Gasteiger partial charge in [0.25, 0.3) is 5.91 Å². The fourth-order valence-electron chi connectivity index (χ4n) is 3.83. The smallest absolute Gasteiger partial charge is 0.433 e. The summed E-state index contributed by atoms with van der Waals surface area (Å²) in [5.41, 5.74) is 0.544. The number of hydrogen-bond acceptors (Lipinski definition) is 4. The average molecular weight is 412 g/mol. The molecule has 30 heavy (non-hydrogen) atoms. The van der Waals surface area contributed by atoms with Gasteiger partial charge >= 0.3 is 6.18 Å². The second-order valence-electron chi connectivity index (χ2n) is 7.16. The van der Waals surface area contributed by atoms with Gasteiger partial charge in [-0.3, -0.25) is 4.79 Å². The van der Waals surface area contributed by atoms with Gasteiger partial charge in [-0.2, -0.15) is 18.3 Å². The minimum Gasteiger partial charge on any atom is -0.463 e. The quantitative estimate of drug-likeness (QED) is 0.483. The number of halogens is 3. The van der Waals surface area contributed by atoms with Crippen molar-refractivity contribution in [1.29, 1.82) is 0 Å². The van der Waals surface area contributed by atoms with E-state index in [9.17, 15) is 18.0 Å². The summed E-state index contributed by atoms with van der Waals surface area (Å²) >= 11 is 0. The Balaban J connectivity index is 1.64. The molecular formula is C21H15F3N4O2. The Morgan fingerprint density at radius 1 is 1.17 bits per heavy atom. The molecule has 4 aromatic rings. The number of carbonyl (C=O) groups is 1. The first kappa shape index (κ1) is 18.4. The summed E-state index contributed by atoms with van der Waals surface area (Å²) in [6.45, 7) is 1.89. The summed E-state index contributed by atoms with van der Waals surface area (Å²) in [4.78, 5) is 19.0. The number of aromatic nitrogens is 3. The summed E-state index contributed by atoms with van der Waals surface area (Å²) in [5.74, 6) is -0.273. The van der Waals surface area contributed by atoms with Gasteiger partial charge in [0.05, 0.1) is 6.26 Å². The van der Waals surface area contributed by atoms with E-state index >= 15 is 0 Å². The zero-order chi connectivity index (χ0) is 21.0.